The molecule has 1 aromatic rings. The molecule has 0 saturated heterocycles. The predicted octanol–water partition coefficient (Wildman–Crippen LogP) is 3.46. The van der Waals surface area contributed by atoms with Gasteiger partial charge in [0.1, 0.15) is 12.4 Å². The summed E-state index contributed by atoms with van der Waals surface area (Å²) >= 11 is 0. The van der Waals surface area contributed by atoms with E-state index in [4.69, 9.17) is 4.74 Å². The minimum absolute atomic E-state index is 0.347. The molecule has 0 amide bonds. The number of likely N-dealkylation sites (N-methyl/N-ethyl adjacent to an activating group) is 2. The van der Waals surface area contributed by atoms with Gasteiger partial charge in [0.25, 0.3) is 0 Å². The molecule has 0 bridgehead atoms. The Labute approximate surface area is 129 Å². The maximum atomic E-state index is 6.01. The zero-order valence-electron chi connectivity index (χ0n) is 14.1. The van der Waals surface area contributed by atoms with Gasteiger partial charge in [-0.3, -0.25) is 4.90 Å². The van der Waals surface area contributed by atoms with E-state index in [9.17, 15) is 0 Å². The lowest BCUT2D eigenvalue weighted by molar-refractivity contribution is 0.0726. The Morgan fingerprint density at radius 3 is 2.67 bits per heavy atom. The Balaban J connectivity index is 2.19. The highest BCUT2D eigenvalue weighted by atomic mass is 16.5. The summed E-state index contributed by atoms with van der Waals surface area (Å²) in [5, 5.41) is 3.66. The van der Waals surface area contributed by atoms with Crippen molar-refractivity contribution >= 4 is 0 Å². The van der Waals surface area contributed by atoms with E-state index in [0.717, 1.165) is 24.8 Å². The van der Waals surface area contributed by atoms with Crippen LogP contribution in [0.25, 0.3) is 0 Å². The number of hydrogen-bond donors (Lipinski definition) is 1. The monoisotopic (exact) mass is 290 g/mol. The minimum atomic E-state index is 0.347. The van der Waals surface area contributed by atoms with E-state index in [1.807, 2.05) is 6.07 Å². The molecule has 3 nitrogen and oxygen atoms in total. The molecule has 0 aliphatic carbocycles. The van der Waals surface area contributed by atoms with Crippen molar-refractivity contribution in [2.24, 2.45) is 5.92 Å². The second kappa shape index (κ2) is 7.28. The number of hydrogen-bond acceptors (Lipinski definition) is 3. The smallest absolute Gasteiger partial charge is 0.124 e. The Hall–Kier alpha value is -1.06. The molecule has 1 N–H and O–H groups in total. The fraction of sp³-hybridized carbons (Fsp3) is 0.667. The van der Waals surface area contributed by atoms with Crippen LogP contribution in [0.2, 0.25) is 0 Å². The molecule has 0 spiro atoms. The molecular formula is C18H30N2O. The van der Waals surface area contributed by atoms with Gasteiger partial charge in [-0.2, -0.15) is 0 Å². The predicted molar refractivity (Wildman–Crippen MR) is 88.8 cm³/mol. The van der Waals surface area contributed by atoms with Crippen LogP contribution in [0, 0.1) is 5.92 Å². The van der Waals surface area contributed by atoms with Gasteiger partial charge in [-0.15, -0.1) is 0 Å². The van der Waals surface area contributed by atoms with Crippen LogP contribution in [0.15, 0.2) is 24.3 Å². The van der Waals surface area contributed by atoms with Gasteiger partial charge in [-0.25, -0.2) is 0 Å². The van der Waals surface area contributed by atoms with E-state index in [1.165, 1.54) is 12.0 Å². The van der Waals surface area contributed by atoms with Gasteiger partial charge in [0.2, 0.25) is 0 Å². The Bertz CT molecular complexity index is 447. The third-order valence-electron chi connectivity index (χ3n) is 4.50. The highest BCUT2D eigenvalue weighted by Gasteiger charge is 2.34. The van der Waals surface area contributed by atoms with Crippen LogP contribution in [-0.4, -0.2) is 37.2 Å². The summed E-state index contributed by atoms with van der Waals surface area (Å²) in [5.74, 6) is 1.75. The number of para-hydroxylation sites is 1. The lowest BCUT2D eigenvalue weighted by Crippen LogP contribution is -2.51. The molecule has 3 atom stereocenters. The van der Waals surface area contributed by atoms with Crippen molar-refractivity contribution in [1.82, 2.24) is 10.2 Å². The fourth-order valence-electron chi connectivity index (χ4n) is 3.34. The van der Waals surface area contributed by atoms with Gasteiger partial charge in [0, 0.05) is 11.6 Å². The average Bonchev–Trinajstić information content (AvgIpc) is 2.46. The van der Waals surface area contributed by atoms with Crippen molar-refractivity contribution in [3.63, 3.8) is 0 Å². The van der Waals surface area contributed by atoms with Crippen LogP contribution in [0.4, 0.5) is 0 Å². The summed E-state index contributed by atoms with van der Waals surface area (Å²) in [4.78, 5) is 2.49. The van der Waals surface area contributed by atoms with Crippen molar-refractivity contribution < 1.29 is 4.74 Å². The Kier molecular flexibility index (Phi) is 5.65. The van der Waals surface area contributed by atoms with E-state index in [0.29, 0.717) is 18.1 Å². The molecule has 2 rings (SSSR count). The molecule has 1 heterocycles. The van der Waals surface area contributed by atoms with E-state index >= 15 is 0 Å². The lowest BCUT2D eigenvalue weighted by atomic mass is 9.93. The molecule has 21 heavy (non-hydrogen) atoms. The Morgan fingerprint density at radius 2 is 2.00 bits per heavy atom. The summed E-state index contributed by atoms with van der Waals surface area (Å²) < 4.78 is 6.01. The van der Waals surface area contributed by atoms with Gasteiger partial charge in [-0.1, -0.05) is 39.0 Å². The SMILES string of the molecule is CCNC1c2ccccc2OCC1N(C)C(C)CC(C)C. The normalized spacial score (nSPS) is 23.0. The number of nitrogens with one attached hydrogen (secondary N) is 1. The summed E-state index contributed by atoms with van der Waals surface area (Å²) in [6, 6.07) is 9.71. The maximum Gasteiger partial charge on any atom is 0.124 e. The molecule has 0 aromatic heterocycles. The van der Waals surface area contributed by atoms with Gasteiger partial charge < -0.3 is 10.1 Å². The second-order valence-electron chi connectivity index (χ2n) is 6.60. The quantitative estimate of drug-likeness (QED) is 0.868. The average molecular weight is 290 g/mol. The number of ether oxygens (including phenoxy) is 1. The first-order valence-corrected chi connectivity index (χ1v) is 8.21. The van der Waals surface area contributed by atoms with Gasteiger partial charge in [-0.05, 0) is 38.9 Å². The first-order chi connectivity index (χ1) is 10.0. The van der Waals surface area contributed by atoms with E-state index in [1.54, 1.807) is 0 Å². The van der Waals surface area contributed by atoms with Gasteiger partial charge in [0.15, 0.2) is 0 Å². The van der Waals surface area contributed by atoms with Crippen molar-refractivity contribution in [1.29, 1.82) is 0 Å². The molecular weight excluding hydrogens is 260 g/mol. The third-order valence-corrected chi connectivity index (χ3v) is 4.50. The summed E-state index contributed by atoms with van der Waals surface area (Å²) in [5.41, 5.74) is 1.29. The first kappa shape index (κ1) is 16.3. The minimum Gasteiger partial charge on any atom is -0.492 e. The largest absolute Gasteiger partial charge is 0.492 e. The van der Waals surface area contributed by atoms with Crippen LogP contribution < -0.4 is 10.1 Å². The van der Waals surface area contributed by atoms with Crippen molar-refractivity contribution in [3.05, 3.63) is 29.8 Å². The highest BCUT2D eigenvalue weighted by molar-refractivity contribution is 5.38. The first-order valence-electron chi connectivity index (χ1n) is 8.21. The number of rotatable bonds is 6. The van der Waals surface area contributed by atoms with Crippen molar-refractivity contribution in [2.75, 3.05) is 20.2 Å². The fourth-order valence-corrected chi connectivity index (χ4v) is 3.34. The summed E-state index contributed by atoms with van der Waals surface area (Å²) in [6.45, 7) is 10.8. The van der Waals surface area contributed by atoms with E-state index < -0.39 is 0 Å². The van der Waals surface area contributed by atoms with Crippen LogP contribution in [0.3, 0.4) is 0 Å². The van der Waals surface area contributed by atoms with E-state index in [2.05, 4.69) is 63.2 Å². The van der Waals surface area contributed by atoms with Crippen molar-refractivity contribution in [3.8, 4) is 5.75 Å². The molecule has 1 aliphatic rings. The molecule has 0 saturated carbocycles. The highest BCUT2D eigenvalue weighted by Crippen LogP contribution is 2.34. The topological polar surface area (TPSA) is 24.5 Å². The summed E-state index contributed by atoms with van der Waals surface area (Å²) in [6.07, 6.45) is 1.22. The van der Waals surface area contributed by atoms with Crippen LogP contribution in [0.1, 0.15) is 45.7 Å². The maximum absolute atomic E-state index is 6.01. The van der Waals surface area contributed by atoms with Gasteiger partial charge >= 0.3 is 0 Å². The molecule has 118 valence electrons. The van der Waals surface area contributed by atoms with E-state index in [-0.39, 0.29) is 0 Å². The molecule has 1 aliphatic heterocycles. The van der Waals surface area contributed by atoms with Crippen molar-refractivity contribution in [2.45, 2.75) is 52.2 Å². The van der Waals surface area contributed by atoms with Crippen LogP contribution in [0.5, 0.6) is 5.75 Å². The Morgan fingerprint density at radius 1 is 1.29 bits per heavy atom. The van der Waals surface area contributed by atoms with Gasteiger partial charge in [0.05, 0.1) is 12.1 Å². The number of nitrogens with zero attached hydrogens (tertiary/aromatic N) is 1. The lowest BCUT2D eigenvalue weighted by Gasteiger charge is -2.42. The summed E-state index contributed by atoms with van der Waals surface area (Å²) in [7, 11) is 2.24. The third kappa shape index (κ3) is 3.78. The second-order valence-corrected chi connectivity index (χ2v) is 6.60. The van der Waals surface area contributed by atoms with Crippen LogP contribution in [-0.2, 0) is 0 Å². The molecule has 0 radical (unpaired) electrons. The number of fused-ring (bicyclic) bond motifs is 1. The molecule has 3 unspecified atom stereocenters. The molecule has 3 heteroatoms. The zero-order valence-corrected chi connectivity index (χ0v) is 14.1. The molecule has 0 fully saturated rings. The zero-order chi connectivity index (χ0) is 15.4. The molecule has 1 aromatic carbocycles. The number of benzene rings is 1. The van der Waals surface area contributed by atoms with Crippen LogP contribution >= 0.6 is 0 Å². The standard InChI is InChI=1S/C18H30N2O/c1-6-19-18-15-9-7-8-10-17(15)21-12-16(18)20(5)14(4)11-13(2)3/h7-10,13-14,16,18-19H,6,11-12H2,1-5H3.